The van der Waals surface area contributed by atoms with Gasteiger partial charge in [0.15, 0.2) is 20.4 Å². The maximum atomic E-state index is 14.3. The first-order valence-electron chi connectivity index (χ1n) is 8.89. The van der Waals surface area contributed by atoms with Crippen LogP contribution in [0.4, 0.5) is 4.39 Å². The van der Waals surface area contributed by atoms with Crippen LogP contribution in [0.25, 0.3) is 22.2 Å². The number of aromatic nitrogens is 2. The molecular formula is C21H19ClFN3O3S. The zero-order chi connectivity index (χ0) is 20.6. The maximum absolute atomic E-state index is 14.3. The topological polar surface area (TPSA) is 99.1 Å². The van der Waals surface area contributed by atoms with E-state index >= 15 is 0 Å². The molecule has 4 aromatic rings. The molecule has 9 heteroatoms. The lowest BCUT2D eigenvalue weighted by Crippen LogP contribution is -2.17. The van der Waals surface area contributed by atoms with Crippen LogP contribution in [0.1, 0.15) is 17.3 Å². The van der Waals surface area contributed by atoms with E-state index < -0.39 is 21.7 Å². The number of nitrogens with two attached hydrogens (primary N) is 1. The number of fused-ring (bicyclic) bond motifs is 1. The van der Waals surface area contributed by atoms with Gasteiger partial charge in [-0.1, -0.05) is 41.6 Å². The summed E-state index contributed by atoms with van der Waals surface area (Å²) >= 11 is 0. The van der Waals surface area contributed by atoms with Crippen LogP contribution in [0.3, 0.4) is 0 Å². The van der Waals surface area contributed by atoms with Crippen LogP contribution in [0.15, 0.2) is 70.2 Å². The van der Waals surface area contributed by atoms with Crippen LogP contribution >= 0.6 is 12.4 Å². The Kier molecular flexibility index (Phi) is 6.21. The van der Waals surface area contributed by atoms with Crippen molar-refractivity contribution in [1.82, 2.24) is 10.1 Å². The molecule has 6 nitrogen and oxygen atoms in total. The van der Waals surface area contributed by atoms with E-state index in [9.17, 15) is 12.8 Å². The van der Waals surface area contributed by atoms with Gasteiger partial charge in [0.2, 0.25) is 0 Å². The molecule has 1 atom stereocenters. The van der Waals surface area contributed by atoms with Crippen molar-refractivity contribution in [2.45, 2.75) is 17.5 Å². The van der Waals surface area contributed by atoms with Crippen molar-refractivity contribution in [1.29, 1.82) is 0 Å². The van der Waals surface area contributed by atoms with Gasteiger partial charge in [-0.15, -0.1) is 12.4 Å². The summed E-state index contributed by atoms with van der Waals surface area (Å²) in [4.78, 5) is 3.97. The molecule has 0 saturated heterocycles. The average molecular weight is 448 g/mol. The molecule has 0 aliphatic rings. The summed E-state index contributed by atoms with van der Waals surface area (Å²) < 4.78 is 43.2. The van der Waals surface area contributed by atoms with E-state index in [0.29, 0.717) is 11.3 Å². The number of sulfone groups is 1. The van der Waals surface area contributed by atoms with Crippen LogP contribution in [-0.2, 0) is 16.3 Å². The fourth-order valence-electron chi connectivity index (χ4n) is 3.25. The second-order valence-corrected chi connectivity index (χ2v) is 8.74. The Bertz CT molecular complexity index is 1310. The molecule has 0 amide bonds. The first kappa shape index (κ1) is 21.9. The largest absolute Gasteiger partial charge is 0.356 e. The quantitative estimate of drug-likeness (QED) is 0.494. The number of pyridine rings is 1. The van der Waals surface area contributed by atoms with Crippen molar-refractivity contribution in [3.63, 3.8) is 0 Å². The minimum absolute atomic E-state index is 0. The van der Waals surface area contributed by atoms with Crippen molar-refractivity contribution in [2.75, 3.05) is 6.26 Å². The number of para-hydroxylation sites is 1. The van der Waals surface area contributed by atoms with Gasteiger partial charge in [0.05, 0.1) is 5.69 Å². The summed E-state index contributed by atoms with van der Waals surface area (Å²) in [6.45, 7) is 0. The smallest absolute Gasteiger partial charge is 0.192 e. The SMILES string of the molecule is CS(=O)(=O)c1ccc(F)c(C[C@H](N)c2ccccc2-c2noc3ccccc23)n1.Cl. The molecule has 30 heavy (non-hydrogen) atoms. The minimum Gasteiger partial charge on any atom is -0.356 e. The molecular weight excluding hydrogens is 429 g/mol. The number of halogens is 2. The zero-order valence-corrected chi connectivity index (χ0v) is 17.6. The van der Waals surface area contributed by atoms with Gasteiger partial charge in [-0.3, -0.25) is 0 Å². The van der Waals surface area contributed by atoms with Gasteiger partial charge in [0.25, 0.3) is 0 Å². The molecule has 4 rings (SSSR count). The van der Waals surface area contributed by atoms with Gasteiger partial charge in [-0.25, -0.2) is 17.8 Å². The van der Waals surface area contributed by atoms with E-state index in [4.69, 9.17) is 10.3 Å². The Morgan fingerprint density at radius 2 is 1.77 bits per heavy atom. The summed E-state index contributed by atoms with van der Waals surface area (Å²) in [6, 6.07) is 16.5. The highest BCUT2D eigenvalue weighted by Gasteiger charge is 2.20. The Morgan fingerprint density at radius 3 is 2.53 bits per heavy atom. The highest BCUT2D eigenvalue weighted by molar-refractivity contribution is 7.90. The minimum atomic E-state index is -3.55. The Balaban J connectivity index is 0.00000256. The molecule has 2 heterocycles. The van der Waals surface area contributed by atoms with Gasteiger partial charge in [0, 0.05) is 29.7 Å². The van der Waals surface area contributed by atoms with Crippen LogP contribution in [0, 0.1) is 5.82 Å². The monoisotopic (exact) mass is 447 g/mol. The predicted octanol–water partition coefficient (Wildman–Crippen LogP) is 4.10. The van der Waals surface area contributed by atoms with Gasteiger partial charge in [-0.05, 0) is 29.8 Å². The lowest BCUT2D eigenvalue weighted by Gasteiger charge is -2.16. The highest BCUT2D eigenvalue weighted by Crippen LogP contribution is 2.33. The molecule has 0 aliphatic carbocycles. The average Bonchev–Trinajstić information content (AvgIpc) is 3.13. The molecule has 0 fully saturated rings. The second-order valence-electron chi connectivity index (χ2n) is 6.78. The summed E-state index contributed by atoms with van der Waals surface area (Å²) in [5.74, 6) is -0.600. The number of rotatable bonds is 5. The van der Waals surface area contributed by atoms with Crippen molar-refractivity contribution in [3.05, 3.63) is 77.7 Å². The van der Waals surface area contributed by atoms with E-state index in [1.54, 1.807) is 0 Å². The molecule has 0 bridgehead atoms. The Hall–Kier alpha value is -2.81. The van der Waals surface area contributed by atoms with Crippen LogP contribution in [0.2, 0.25) is 0 Å². The fraction of sp³-hybridized carbons (Fsp3) is 0.143. The van der Waals surface area contributed by atoms with E-state index in [1.165, 1.54) is 0 Å². The van der Waals surface area contributed by atoms with Crippen molar-refractivity contribution in [2.24, 2.45) is 5.73 Å². The van der Waals surface area contributed by atoms with E-state index in [2.05, 4.69) is 10.1 Å². The predicted molar refractivity (Wildman–Crippen MR) is 115 cm³/mol. The summed E-state index contributed by atoms with van der Waals surface area (Å²) in [6.07, 6.45) is 1.06. The third kappa shape index (κ3) is 4.21. The molecule has 0 unspecified atom stereocenters. The standard InChI is InChI=1S/C21H18FN3O3S.ClH/c1-29(26,27)20-11-10-16(22)18(24-20)12-17(23)13-6-2-3-7-14(13)21-15-8-4-5-9-19(15)28-25-21;/h2-11,17H,12,23H2,1H3;1H/t17-;/m0./s1. The molecule has 2 aromatic carbocycles. The van der Waals surface area contributed by atoms with Crippen LogP contribution in [-0.4, -0.2) is 24.8 Å². The maximum Gasteiger partial charge on any atom is 0.192 e. The molecule has 156 valence electrons. The molecule has 0 spiro atoms. The van der Waals surface area contributed by atoms with Crippen LogP contribution < -0.4 is 5.73 Å². The number of hydrogen-bond acceptors (Lipinski definition) is 6. The molecule has 0 saturated carbocycles. The number of nitrogens with zero attached hydrogens (tertiary/aromatic N) is 2. The van der Waals surface area contributed by atoms with Crippen LogP contribution in [0.5, 0.6) is 0 Å². The first-order valence-corrected chi connectivity index (χ1v) is 10.8. The Morgan fingerprint density at radius 1 is 1.07 bits per heavy atom. The fourth-order valence-corrected chi connectivity index (χ4v) is 3.84. The van der Waals surface area contributed by atoms with E-state index in [0.717, 1.165) is 34.9 Å². The molecule has 2 aromatic heterocycles. The molecule has 0 radical (unpaired) electrons. The van der Waals surface area contributed by atoms with Gasteiger partial charge in [0.1, 0.15) is 11.5 Å². The summed E-state index contributed by atoms with van der Waals surface area (Å²) in [7, 11) is -3.55. The van der Waals surface area contributed by atoms with Gasteiger partial charge in [-0.2, -0.15) is 0 Å². The lowest BCUT2D eigenvalue weighted by atomic mass is 9.94. The third-order valence-corrected chi connectivity index (χ3v) is 5.67. The lowest BCUT2D eigenvalue weighted by molar-refractivity contribution is 0.459. The van der Waals surface area contributed by atoms with E-state index in [-0.39, 0.29) is 29.5 Å². The highest BCUT2D eigenvalue weighted by atomic mass is 35.5. The van der Waals surface area contributed by atoms with Gasteiger partial charge < -0.3 is 10.3 Å². The van der Waals surface area contributed by atoms with Crippen molar-refractivity contribution in [3.8, 4) is 11.3 Å². The summed E-state index contributed by atoms with van der Waals surface area (Å²) in [5.41, 5.74) is 9.19. The van der Waals surface area contributed by atoms with Gasteiger partial charge >= 0.3 is 0 Å². The van der Waals surface area contributed by atoms with Crippen molar-refractivity contribution >= 4 is 33.2 Å². The van der Waals surface area contributed by atoms with Crippen molar-refractivity contribution < 1.29 is 17.3 Å². The first-order chi connectivity index (χ1) is 13.8. The Labute approximate surface area is 179 Å². The van der Waals surface area contributed by atoms with E-state index in [1.807, 2.05) is 48.5 Å². The number of hydrogen-bond donors (Lipinski definition) is 1. The second kappa shape index (κ2) is 8.51. The zero-order valence-electron chi connectivity index (χ0n) is 15.9. The normalized spacial score (nSPS) is 12.5. The summed E-state index contributed by atoms with van der Waals surface area (Å²) in [5, 5.41) is 4.84. The molecule has 0 aliphatic heterocycles. The molecule has 2 N–H and O–H groups in total. The number of benzene rings is 2. The third-order valence-electron chi connectivity index (χ3n) is 4.68.